The van der Waals surface area contributed by atoms with Gasteiger partial charge in [0.15, 0.2) is 0 Å². The van der Waals surface area contributed by atoms with E-state index in [-0.39, 0.29) is 23.9 Å². The average Bonchev–Trinajstić information content (AvgIpc) is 2.89. The summed E-state index contributed by atoms with van der Waals surface area (Å²) in [5, 5.41) is 7.41. The SMILES string of the molecule is CCN1C(=O)CC(NC(C)Cc2ccsc2)C1=O. The number of thiophene rings is 1. The van der Waals surface area contributed by atoms with Crippen LogP contribution in [0.5, 0.6) is 0 Å². The third-order valence-electron chi connectivity index (χ3n) is 3.17. The molecule has 0 bridgehead atoms. The highest BCUT2D eigenvalue weighted by molar-refractivity contribution is 7.07. The molecular weight excluding hydrogens is 248 g/mol. The Hall–Kier alpha value is -1.20. The van der Waals surface area contributed by atoms with Crippen molar-refractivity contribution in [3.05, 3.63) is 22.4 Å². The van der Waals surface area contributed by atoms with Gasteiger partial charge in [0.1, 0.15) is 0 Å². The second-order valence-corrected chi connectivity index (χ2v) is 5.42. The molecule has 18 heavy (non-hydrogen) atoms. The zero-order valence-electron chi connectivity index (χ0n) is 10.7. The summed E-state index contributed by atoms with van der Waals surface area (Å²) in [4.78, 5) is 24.8. The lowest BCUT2D eigenvalue weighted by Gasteiger charge is -2.18. The molecule has 2 amide bonds. The molecule has 2 atom stereocenters. The lowest BCUT2D eigenvalue weighted by Crippen LogP contribution is -2.43. The zero-order valence-corrected chi connectivity index (χ0v) is 11.5. The van der Waals surface area contributed by atoms with Crippen LogP contribution in [0.1, 0.15) is 25.8 Å². The molecule has 0 aliphatic carbocycles. The summed E-state index contributed by atoms with van der Waals surface area (Å²) < 4.78 is 0. The summed E-state index contributed by atoms with van der Waals surface area (Å²) in [5.41, 5.74) is 1.27. The average molecular weight is 266 g/mol. The van der Waals surface area contributed by atoms with E-state index in [1.807, 2.05) is 19.2 Å². The Balaban J connectivity index is 1.90. The van der Waals surface area contributed by atoms with Crippen molar-refractivity contribution in [2.75, 3.05) is 6.54 Å². The Labute approximate surface area is 111 Å². The minimum atomic E-state index is -0.342. The molecule has 1 aromatic heterocycles. The number of carbonyl (C=O) groups is 2. The van der Waals surface area contributed by atoms with E-state index in [0.717, 1.165) is 6.42 Å². The summed E-state index contributed by atoms with van der Waals surface area (Å²) in [7, 11) is 0. The first kappa shape index (κ1) is 13.2. The molecule has 5 heteroatoms. The Kier molecular flexibility index (Phi) is 4.14. The van der Waals surface area contributed by atoms with Gasteiger partial charge < -0.3 is 5.32 Å². The first-order chi connectivity index (χ1) is 8.61. The van der Waals surface area contributed by atoms with E-state index in [9.17, 15) is 9.59 Å². The number of amides is 2. The first-order valence-corrected chi connectivity index (χ1v) is 7.17. The van der Waals surface area contributed by atoms with Crippen molar-refractivity contribution in [3.63, 3.8) is 0 Å². The van der Waals surface area contributed by atoms with Gasteiger partial charge in [-0.1, -0.05) is 0 Å². The zero-order chi connectivity index (χ0) is 13.1. The van der Waals surface area contributed by atoms with Crippen LogP contribution >= 0.6 is 11.3 Å². The molecule has 1 aliphatic rings. The van der Waals surface area contributed by atoms with Gasteiger partial charge in [0.25, 0.3) is 0 Å². The quantitative estimate of drug-likeness (QED) is 0.820. The molecule has 1 saturated heterocycles. The smallest absolute Gasteiger partial charge is 0.246 e. The predicted molar refractivity (Wildman–Crippen MR) is 71.4 cm³/mol. The van der Waals surface area contributed by atoms with Crippen LogP contribution in [-0.2, 0) is 16.0 Å². The highest BCUT2D eigenvalue weighted by atomic mass is 32.1. The fraction of sp³-hybridized carbons (Fsp3) is 0.538. The van der Waals surface area contributed by atoms with Gasteiger partial charge in [-0.2, -0.15) is 11.3 Å². The number of nitrogens with zero attached hydrogens (tertiary/aromatic N) is 1. The number of likely N-dealkylation sites (N-methyl/N-ethyl adjacent to an activating group) is 1. The van der Waals surface area contributed by atoms with Gasteiger partial charge in [0.2, 0.25) is 11.8 Å². The first-order valence-electron chi connectivity index (χ1n) is 6.23. The fourth-order valence-electron chi connectivity index (χ4n) is 2.31. The third-order valence-corrected chi connectivity index (χ3v) is 3.90. The van der Waals surface area contributed by atoms with Crippen LogP contribution in [0, 0.1) is 0 Å². The number of imide groups is 1. The van der Waals surface area contributed by atoms with Crippen molar-refractivity contribution < 1.29 is 9.59 Å². The minimum absolute atomic E-state index is 0.0669. The molecule has 2 unspecified atom stereocenters. The second-order valence-electron chi connectivity index (χ2n) is 4.64. The minimum Gasteiger partial charge on any atom is -0.303 e. The standard InChI is InChI=1S/C13H18N2O2S/c1-3-15-12(16)7-11(13(15)17)14-9(2)6-10-4-5-18-8-10/h4-5,8-9,11,14H,3,6-7H2,1-2H3. The molecular formula is C13H18N2O2S. The highest BCUT2D eigenvalue weighted by Crippen LogP contribution is 2.15. The van der Waals surface area contributed by atoms with Crippen LogP contribution in [0.2, 0.25) is 0 Å². The van der Waals surface area contributed by atoms with Crippen molar-refractivity contribution in [1.82, 2.24) is 10.2 Å². The van der Waals surface area contributed by atoms with Crippen molar-refractivity contribution in [3.8, 4) is 0 Å². The topological polar surface area (TPSA) is 49.4 Å². The molecule has 1 fully saturated rings. The molecule has 1 aliphatic heterocycles. The molecule has 0 aromatic carbocycles. The van der Waals surface area contributed by atoms with Crippen LogP contribution in [-0.4, -0.2) is 35.3 Å². The van der Waals surface area contributed by atoms with Gasteiger partial charge in [-0.15, -0.1) is 0 Å². The number of rotatable bonds is 5. The van der Waals surface area contributed by atoms with Gasteiger partial charge in [0.05, 0.1) is 12.5 Å². The van der Waals surface area contributed by atoms with E-state index < -0.39 is 0 Å². The number of nitrogens with one attached hydrogen (secondary N) is 1. The summed E-state index contributed by atoms with van der Waals surface area (Å²) in [5.74, 6) is -0.151. The van der Waals surface area contributed by atoms with E-state index in [0.29, 0.717) is 13.0 Å². The molecule has 98 valence electrons. The summed E-state index contributed by atoms with van der Waals surface area (Å²) in [6.45, 7) is 4.34. The van der Waals surface area contributed by atoms with Gasteiger partial charge in [-0.3, -0.25) is 14.5 Å². The lowest BCUT2D eigenvalue weighted by atomic mass is 10.1. The monoisotopic (exact) mass is 266 g/mol. The molecule has 0 spiro atoms. The van der Waals surface area contributed by atoms with Crippen LogP contribution in [0.3, 0.4) is 0 Å². The number of carbonyl (C=O) groups excluding carboxylic acids is 2. The largest absolute Gasteiger partial charge is 0.303 e. The molecule has 1 N–H and O–H groups in total. The van der Waals surface area contributed by atoms with Crippen LogP contribution in [0.4, 0.5) is 0 Å². The maximum Gasteiger partial charge on any atom is 0.246 e. The fourth-order valence-corrected chi connectivity index (χ4v) is 2.99. The van der Waals surface area contributed by atoms with Crippen LogP contribution in [0.25, 0.3) is 0 Å². The van der Waals surface area contributed by atoms with Crippen molar-refractivity contribution in [1.29, 1.82) is 0 Å². The Morgan fingerprint density at radius 2 is 2.33 bits per heavy atom. The normalized spacial score (nSPS) is 21.7. The molecule has 2 heterocycles. The van der Waals surface area contributed by atoms with Gasteiger partial charge >= 0.3 is 0 Å². The molecule has 1 aromatic rings. The molecule has 2 rings (SSSR count). The number of hydrogen-bond donors (Lipinski definition) is 1. The number of likely N-dealkylation sites (tertiary alicyclic amines) is 1. The summed E-state index contributed by atoms with van der Waals surface area (Å²) in [6, 6.07) is 1.94. The molecule has 0 saturated carbocycles. The highest BCUT2D eigenvalue weighted by Gasteiger charge is 2.37. The van der Waals surface area contributed by atoms with E-state index in [1.165, 1.54) is 10.5 Å². The molecule has 0 radical (unpaired) electrons. The van der Waals surface area contributed by atoms with Gasteiger partial charge in [0, 0.05) is 12.6 Å². The maximum atomic E-state index is 11.9. The van der Waals surface area contributed by atoms with Gasteiger partial charge in [-0.05, 0) is 42.7 Å². The van der Waals surface area contributed by atoms with E-state index in [1.54, 1.807) is 11.3 Å². The summed E-state index contributed by atoms with van der Waals surface area (Å²) in [6.07, 6.45) is 1.17. The van der Waals surface area contributed by atoms with Crippen molar-refractivity contribution >= 4 is 23.2 Å². The maximum absolute atomic E-state index is 11.9. The second kappa shape index (κ2) is 5.63. The van der Waals surface area contributed by atoms with E-state index >= 15 is 0 Å². The van der Waals surface area contributed by atoms with E-state index in [4.69, 9.17) is 0 Å². The Bertz CT molecular complexity index is 430. The summed E-state index contributed by atoms with van der Waals surface area (Å²) >= 11 is 1.67. The van der Waals surface area contributed by atoms with Crippen LogP contribution < -0.4 is 5.32 Å². The van der Waals surface area contributed by atoms with Crippen LogP contribution in [0.15, 0.2) is 16.8 Å². The lowest BCUT2D eigenvalue weighted by molar-refractivity contribution is -0.138. The van der Waals surface area contributed by atoms with Crippen molar-refractivity contribution in [2.24, 2.45) is 0 Å². The van der Waals surface area contributed by atoms with E-state index in [2.05, 4.69) is 16.8 Å². The number of hydrogen-bond acceptors (Lipinski definition) is 4. The Morgan fingerprint density at radius 3 is 2.89 bits per heavy atom. The Morgan fingerprint density at radius 1 is 1.56 bits per heavy atom. The molecule has 4 nitrogen and oxygen atoms in total. The predicted octanol–water partition coefficient (Wildman–Crippen LogP) is 1.42. The third kappa shape index (κ3) is 2.79. The van der Waals surface area contributed by atoms with Crippen molar-refractivity contribution in [2.45, 2.75) is 38.8 Å². The van der Waals surface area contributed by atoms with Gasteiger partial charge in [-0.25, -0.2) is 0 Å².